The molecule has 158 valence electrons. The maximum Gasteiger partial charge on any atom is 0.293 e. The number of para-hydroxylation sites is 1. The molecule has 1 aromatic heterocycles. The highest BCUT2D eigenvalue weighted by atomic mass is 32.1. The van der Waals surface area contributed by atoms with Gasteiger partial charge in [-0.1, -0.05) is 29.4 Å². The first-order valence-electron chi connectivity index (χ1n) is 9.81. The molecule has 4 rings (SSSR count). The van der Waals surface area contributed by atoms with Crippen LogP contribution in [0.4, 0.5) is 5.69 Å². The summed E-state index contributed by atoms with van der Waals surface area (Å²) in [5, 5.41) is 9.82. The van der Waals surface area contributed by atoms with Crippen molar-refractivity contribution in [1.82, 2.24) is 5.32 Å². The van der Waals surface area contributed by atoms with Crippen molar-refractivity contribution in [1.29, 1.82) is 0 Å². The summed E-state index contributed by atoms with van der Waals surface area (Å²) in [4.78, 5) is 17.5. The SMILES string of the molecule is CO/N=C1\CCCc2oc(C(=O)NC(=S)Nc3cccc(Oc4ccccc4)c3)cc21. The van der Waals surface area contributed by atoms with Crippen LogP contribution in [0.3, 0.4) is 0 Å². The van der Waals surface area contributed by atoms with Crippen LogP contribution in [-0.4, -0.2) is 23.8 Å². The number of amides is 1. The van der Waals surface area contributed by atoms with Gasteiger partial charge >= 0.3 is 0 Å². The van der Waals surface area contributed by atoms with Crippen molar-refractivity contribution in [3.63, 3.8) is 0 Å². The minimum absolute atomic E-state index is 0.155. The maximum absolute atomic E-state index is 12.6. The van der Waals surface area contributed by atoms with Crippen LogP contribution in [0, 0.1) is 0 Å². The first kappa shape index (κ1) is 20.6. The number of furan rings is 1. The fourth-order valence-electron chi connectivity index (χ4n) is 3.32. The standard InChI is InChI=1S/C23H21N3O4S/c1-28-26-19-11-6-12-20-18(19)14-21(30-20)22(27)25-23(31)24-15-7-5-10-17(13-15)29-16-8-3-2-4-9-16/h2-5,7-10,13-14H,6,11-12H2,1H3,(H2,24,25,27,31)/b26-19+. The van der Waals surface area contributed by atoms with Gasteiger partial charge in [0.1, 0.15) is 24.4 Å². The Bertz CT molecular complexity index is 1120. The number of nitrogens with one attached hydrogen (secondary N) is 2. The van der Waals surface area contributed by atoms with Gasteiger partial charge in [0.15, 0.2) is 10.9 Å². The van der Waals surface area contributed by atoms with E-state index in [-0.39, 0.29) is 10.9 Å². The van der Waals surface area contributed by atoms with Gasteiger partial charge in [-0.05, 0) is 55.4 Å². The lowest BCUT2D eigenvalue weighted by Crippen LogP contribution is -2.33. The number of rotatable bonds is 5. The number of hydrogen-bond acceptors (Lipinski definition) is 6. The molecule has 3 aromatic rings. The lowest BCUT2D eigenvalue weighted by atomic mass is 9.96. The quantitative estimate of drug-likeness (QED) is 0.439. The first-order valence-corrected chi connectivity index (χ1v) is 10.2. The van der Waals surface area contributed by atoms with Crippen molar-refractivity contribution in [2.24, 2.45) is 5.16 Å². The molecule has 0 saturated carbocycles. The largest absolute Gasteiger partial charge is 0.457 e. The third kappa shape index (κ3) is 5.10. The molecule has 2 N–H and O–H groups in total. The van der Waals surface area contributed by atoms with E-state index in [1.54, 1.807) is 12.1 Å². The van der Waals surface area contributed by atoms with Crippen molar-refractivity contribution in [3.8, 4) is 11.5 Å². The van der Waals surface area contributed by atoms with Gasteiger partial charge in [0, 0.05) is 23.7 Å². The Labute approximate surface area is 185 Å². The summed E-state index contributed by atoms with van der Waals surface area (Å²) < 4.78 is 11.5. The van der Waals surface area contributed by atoms with E-state index in [0.29, 0.717) is 11.4 Å². The lowest BCUT2D eigenvalue weighted by Gasteiger charge is -2.11. The summed E-state index contributed by atoms with van der Waals surface area (Å²) in [5.41, 5.74) is 2.28. The first-order chi connectivity index (χ1) is 15.1. The number of benzene rings is 2. The van der Waals surface area contributed by atoms with Gasteiger partial charge in [-0.15, -0.1) is 0 Å². The predicted molar refractivity (Wildman–Crippen MR) is 122 cm³/mol. The van der Waals surface area contributed by atoms with Crippen LogP contribution in [0.1, 0.15) is 34.7 Å². The topological polar surface area (TPSA) is 85.1 Å². The number of ether oxygens (including phenoxy) is 1. The number of carbonyl (C=O) groups is 1. The number of fused-ring (bicyclic) bond motifs is 1. The average molecular weight is 436 g/mol. The monoisotopic (exact) mass is 435 g/mol. The summed E-state index contributed by atoms with van der Waals surface area (Å²) in [5.74, 6) is 1.86. The highest BCUT2D eigenvalue weighted by molar-refractivity contribution is 7.80. The molecular formula is C23H21N3O4S. The third-order valence-electron chi connectivity index (χ3n) is 4.66. The molecule has 0 unspecified atom stereocenters. The molecule has 1 amide bonds. The number of aryl methyl sites for hydroxylation is 1. The Morgan fingerprint density at radius 2 is 1.87 bits per heavy atom. The number of thiocarbonyl (C=S) groups is 1. The van der Waals surface area contributed by atoms with Crippen molar-refractivity contribution >= 4 is 34.6 Å². The second kappa shape index (κ2) is 9.44. The number of nitrogens with zero attached hydrogens (tertiary/aromatic N) is 1. The van der Waals surface area contributed by atoms with Crippen LogP contribution in [-0.2, 0) is 11.3 Å². The van der Waals surface area contributed by atoms with E-state index in [1.807, 2.05) is 48.5 Å². The molecule has 0 fully saturated rings. The fraction of sp³-hybridized carbons (Fsp3) is 0.174. The van der Waals surface area contributed by atoms with E-state index in [2.05, 4.69) is 15.8 Å². The van der Waals surface area contributed by atoms with Gasteiger partial charge < -0.3 is 19.3 Å². The van der Waals surface area contributed by atoms with Gasteiger partial charge in [-0.25, -0.2) is 0 Å². The third-order valence-corrected chi connectivity index (χ3v) is 4.86. The van der Waals surface area contributed by atoms with Crippen LogP contribution in [0.5, 0.6) is 11.5 Å². The summed E-state index contributed by atoms with van der Waals surface area (Å²) in [6, 6.07) is 18.4. The van der Waals surface area contributed by atoms with Crippen molar-refractivity contribution in [3.05, 3.63) is 77.7 Å². The maximum atomic E-state index is 12.6. The molecule has 0 radical (unpaired) electrons. The Hall–Kier alpha value is -3.65. The predicted octanol–water partition coefficient (Wildman–Crippen LogP) is 4.89. The van der Waals surface area contributed by atoms with Crippen LogP contribution in [0.25, 0.3) is 0 Å². The van der Waals surface area contributed by atoms with E-state index < -0.39 is 5.91 Å². The van der Waals surface area contributed by atoms with Crippen LogP contribution >= 0.6 is 12.2 Å². The molecular weight excluding hydrogens is 414 g/mol. The number of hydrogen-bond donors (Lipinski definition) is 2. The van der Waals surface area contributed by atoms with Gasteiger partial charge in [0.25, 0.3) is 5.91 Å². The van der Waals surface area contributed by atoms with E-state index in [0.717, 1.165) is 42.0 Å². The Morgan fingerprint density at radius 3 is 2.68 bits per heavy atom. The Kier molecular flexibility index (Phi) is 6.28. The number of oxime groups is 1. The van der Waals surface area contributed by atoms with Crippen molar-refractivity contribution < 1.29 is 18.8 Å². The fourth-order valence-corrected chi connectivity index (χ4v) is 3.53. The van der Waals surface area contributed by atoms with Crippen LogP contribution in [0.15, 0.2) is 70.2 Å². The zero-order chi connectivity index (χ0) is 21.6. The minimum Gasteiger partial charge on any atom is -0.457 e. The molecule has 7 nitrogen and oxygen atoms in total. The second-order valence-electron chi connectivity index (χ2n) is 6.87. The molecule has 2 aromatic carbocycles. The highest BCUT2D eigenvalue weighted by Gasteiger charge is 2.24. The Balaban J connectivity index is 1.40. The zero-order valence-corrected chi connectivity index (χ0v) is 17.7. The molecule has 0 bridgehead atoms. The second-order valence-corrected chi connectivity index (χ2v) is 7.28. The molecule has 1 aliphatic rings. The van der Waals surface area contributed by atoms with Crippen molar-refractivity contribution in [2.45, 2.75) is 19.3 Å². The van der Waals surface area contributed by atoms with Crippen LogP contribution in [0.2, 0.25) is 0 Å². The molecule has 0 spiro atoms. The molecule has 31 heavy (non-hydrogen) atoms. The summed E-state index contributed by atoms with van der Waals surface area (Å²) in [6.07, 6.45) is 2.43. The minimum atomic E-state index is -0.430. The molecule has 8 heteroatoms. The van der Waals surface area contributed by atoms with Gasteiger partial charge in [0.2, 0.25) is 0 Å². The van der Waals surface area contributed by atoms with E-state index in [9.17, 15) is 4.79 Å². The highest BCUT2D eigenvalue weighted by Crippen LogP contribution is 2.26. The molecule has 1 aliphatic carbocycles. The normalized spacial score (nSPS) is 13.9. The summed E-state index contributed by atoms with van der Waals surface area (Å²) in [6.45, 7) is 0. The molecule has 0 atom stereocenters. The Morgan fingerprint density at radius 1 is 1.06 bits per heavy atom. The van der Waals surface area contributed by atoms with E-state index >= 15 is 0 Å². The van der Waals surface area contributed by atoms with Crippen LogP contribution < -0.4 is 15.4 Å². The number of carbonyl (C=O) groups excluding carboxylic acids is 1. The van der Waals surface area contributed by atoms with E-state index in [4.69, 9.17) is 26.2 Å². The van der Waals surface area contributed by atoms with Crippen molar-refractivity contribution in [2.75, 3.05) is 12.4 Å². The molecule has 1 heterocycles. The van der Waals surface area contributed by atoms with Gasteiger partial charge in [-0.3, -0.25) is 10.1 Å². The van der Waals surface area contributed by atoms with E-state index in [1.165, 1.54) is 7.11 Å². The van der Waals surface area contributed by atoms with Gasteiger partial charge in [0.05, 0.1) is 5.71 Å². The molecule has 0 aliphatic heterocycles. The number of anilines is 1. The average Bonchev–Trinajstić information content (AvgIpc) is 3.20. The zero-order valence-electron chi connectivity index (χ0n) is 16.9. The summed E-state index contributed by atoms with van der Waals surface area (Å²) in [7, 11) is 1.50. The lowest BCUT2D eigenvalue weighted by molar-refractivity contribution is 0.0949. The summed E-state index contributed by atoms with van der Waals surface area (Å²) >= 11 is 5.29. The molecule has 0 saturated heterocycles. The van der Waals surface area contributed by atoms with Gasteiger partial charge in [-0.2, -0.15) is 0 Å². The smallest absolute Gasteiger partial charge is 0.293 e.